The molecule has 3 heteroatoms. The fourth-order valence-corrected chi connectivity index (χ4v) is 2.11. The summed E-state index contributed by atoms with van der Waals surface area (Å²) in [6.45, 7) is 4.09. The molecular weight excluding hydrogens is 212 g/mol. The molecule has 0 saturated carbocycles. The Kier molecular flexibility index (Phi) is 5.33. The van der Waals surface area contributed by atoms with E-state index in [9.17, 15) is 0 Å². The van der Waals surface area contributed by atoms with Crippen molar-refractivity contribution in [3.63, 3.8) is 0 Å². The second-order valence-corrected chi connectivity index (χ2v) is 4.51. The van der Waals surface area contributed by atoms with Crippen molar-refractivity contribution >= 4 is 0 Å². The summed E-state index contributed by atoms with van der Waals surface area (Å²) in [5.41, 5.74) is 0. The van der Waals surface area contributed by atoms with Crippen molar-refractivity contribution in [2.24, 2.45) is 0 Å². The maximum atomic E-state index is 5.62. The Morgan fingerprint density at radius 3 is 2.94 bits per heavy atom. The van der Waals surface area contributed by atoms with E-state index in [1.807, 2.05) is 30.3 Å². The Balaban J connectivity index is 1.46. The maximum absolute atomic E-state index is 5.62. The van der Waals surface area contributed by atoms with Gasteiger partial charge in [0.15, 0.2) is 0 Å². The minimum Gasteiger partial charge on any atom is -0.494 e. The van der Waals surface area contributed by atoms with Gasteiger partial charge in [-0.3, -0.25) is 0 Å². The van der Waals surface area contributed by atoms with Crippen LogP contribution in [0.25, 0.3) is 0 Å². The summed E-state index contributed by atoms with van der Waals surface area (Å²) in [6, 6.07) is 10.7. The Morgan fingerprint density at radius 2 is 2.18 bits per heavy atom. The fourth-order valence-electron chi connectivity index (χ4n) is 2.11. The van der Waals surface area contributed by atoms with Gasteiger partial charge in [0.2, 0.25) is 0 Å². The molecule has 1 aromatic rings. The first-order valence-electron chi connectivity index (χ1n) is 6.57. The molecule has 1 saturated heterocycles. The molecule has 0 aliphatic carbocycles. The topological polar surface area (TPSA) is 33.3 Å². The van der Waals surface area contributed by atoms with Crippen LogP contribution in [0.4, 0.5) is 0 Å². The first kappa shape index (κ1) is 12.4. The van der Waals surface area contributed by atoms with E-state index in [1.165, 1.54) is 19.4 Å². The van der Waals surface area contributed by atoms with Gasteiger partial charge in [-0.1, -0.05) is 18.2 Å². The third kappa shape index (κ3) is 4.75. The average molecular weight is 234 g/mol. The van der Waals surface area contributed by atoms with Gasteiger partial charge in [0, 0.05) is 12.6 Å². The highest BCUT2D eigenvalue weighted by atomic mass is 16.5. The van der Waals surface area contributed by atoms with E-state index >= 15 is 0 Å². The zero-order valence-electron chi connectivity index (χ0n) is 10.3. The van der Waals surface area contributed by atoms with Crippen LogP contribution in [-0.2, 0) is 0 Å². The number of benzene rings is 1. The van der Waals surface area contributed by atoms with Crippen LogP contribution in [0.3, 0.4) is 0 Å². The van der Waals surface area contributed by atoms with Crippen molar-refractivity contribution in [2.75, 3.05) is 26.2 Å². The lowest BCUT2D eigenvalue weighted by Crippen LogP contribution is -2.34. The quantitative estimate of drug-likeness (QED) is 0.706. The summed E-state index contributed by atoms with van der Waals surface area (Å²) < 4.78 is 5.62. The van der Waals surface area contributed by atoms with Gasteiger partial charge in [-0.05, 0) is 44.5 Å². The Hall–Kier alpha value is -1.06. The van der Waals surface area contributed by atoms with Crippen molar-refractivity contribution in [1.29, 1.82) is 0 Å². The molecule has 1 heterocycles. The molecular formula is C14H22N2O. The monoisotopic (exact) mass is 234 g/mol. The summed E-state index contributed by atoms with van der Waals surface area (Å²) in [4.78, 5) is 0. The number of ether oxygens (including phenoxy) is 1. The first-order chi connectivity index (χ1) is 8.45. The maximum Gasteiger partial charge on any atom is 0.119 e. The Morgan fingerprint density at radius 1 is 1.29 bits per heavy atom. The molecule has 0 bridgehead atoms. The van der Waals surface area contributed by atoms with Gasteiger partial charge in [-0.2, -0.15) is 0 Å². The Bertz CT molecular complexity index is 296. The van der Waals surface area contributed by atoms with Crippen LogP contribution in [0.2, 0.25) is 0 Å². The van der Waals surface area contributed by atoms with Gasteiger partial charge in [-0.15, -0.1) is 0 Å². The number of para-hydroxylation sites is 1. The minimum absolute atomic E-state index is 0.685. The summed E-state index contributed by atoms with van der Waals surface area (Å²) in [5.74, 6) is 0.963. The predicted octanol–water partition coefficient (Wildman–Crippen LogP) is 1.80. The molecule has 3 nitrogen and oxygen atoms in total. The number of nitrogens with one attached hydrogen (secondary N) is 2. The van der Waals surface area contributed by atoms with E-state index in [1.54, 1.807) is 0 Å². The highest BCUT2D eigenvalue weighted by Crippen LogP contribution is 2.08. The summed E-state index contributed by atoms with van der Waals surface area (Å²) >= 11 is 0. The molecule has 0 aromatic heterocycles. The van der Waals surface area contributed by atoms with E-state index in [0.717, 1.165) is 31.9 Å². The summed E-state index contributed by atoms with van der Waals surface area (Å²) in [6.07, 6.45) is 3.69. The van der Waals surface area contributed by atoms with Crippen molar-refractivity contribution in [1.82, 2.24) is 10.6 Å². The van der Waals surface area contributed by atoms with Crippen molar-refractivity contribution in [2.45, 2.75) is 25.3 Å². The van der Waals surface area contributed by atoms with Gasteiger partial charge in [-0.25, -0.2) is 0 Å². The molecule has 1 unspecified atom stereocenters. The first-order valence-corrected chi connectivity index (χ1v) is 6.57. The lowest BCUT2D eigenvalue weighted by molar-refractivity contribution is 0.307. The van der Waals surface area contributed by atoms with Crippen LogP contribution >= 0.6 is 0 Å². The average Bonchev–Trinajstić information content (AvgIpc) is 2.88. The summed E-state index contributed by atoms with van der Waals surface area (Å²) in [7, 11) is 0. The zero-order chi connectivity index (χ0) is 11.8. The normalized spacial score (nSPS) is 19.4. The number of hydrogen-bond donors (Lipinski definition) is 2. The second-order valence-electron chi connectivity index (χ2n) is 4.51. The summed E-state index contributed by atoms with van der Waals surface area (Å²) in [5, 5.41) is 6.95. The SMILES string of the molecule is c1ccc(OCCCNCC2CCCN2)cc1. The molecule has 94 valence electrons. The highest BCUT2D eigenvalue weighted by Gasteiger charge is 2.12. The van der Waals surface area contributed by atoms with Crippen LogP contribution in [0, 0.1) is 0 Å². The molecule has 2 rings (SSSR count). The van der Waals surface area contributed by atoms with Crippen LogP contribution in [0.15, 0.2) is 30.3 Å². The molecule has 17 heavy (non-hydrogen) atoms. The van der Waals surface area contributed by atoms with Gasteiger partial charge in [0.25, 0.3) is 0 Å². The number of hydrogen-bond acceptors (Lipinski definition) is 3. The third-order valence-electron chi connectivity index (χ3n) is 3.06. The number of rotatable bonds is 7. The lowest BCUT2D eigenvalue weighted by atomic mass is 10.2. The largest absolute Gasteiger partial charge is 0.494 e. The third-order valence-corrected chi connectivity index (χ3v) is 3.06. The van der Waals surface area contributed by atoms with Crippen LogP contribution < -0.4 is 15.4 Å². The molecule has 1 aliphatic rings. The van der Waals surface area contributed by atoms with E-state index in [4.69, 9.17) is 4.74 Å². The molecule has 1 atom stereocenters. The van der Waals surface area contributed by atoms with E-state index < -0.39 is 0 Å². The molecule has 1 aliphatic heterocycles. The standard InChI is InChI=1S/C14H22N2O/c1-2-7-14(8-3-1)17-11-5-9-15-12-13-6-4-10-16-13/h1-3,7-8,13,15-16H,4-6,9-12H2. The van der Waals surface area contributed by atoms with E-state index in [-0.39, 0.29) is 0 Å². The molecule has 1 fully saturated rings. The van der Waals surface area contributed by atoms with Gasteiger partial charge in [0.05, 0.1) is 6.61 Å². The van der Waals surface area contributed by atoms with Crippen molar-refractivity contribution in [3.05, 3.63) is 30.3 Å². The molecule has 2 N–H and O–H groups in total. The zero-order valence-corrected chi connectivity index (χ0v) is 10.3. The molecule has 0 amide bonds. The van der Waals surface area contributed by atoms with Gasteiger partial charge < -0.3 is 15.4 Å². The van der Waals surface area contributed by atoms with E-state index in [2.05, 4.69) is 10.6 Å². The Labute approximate surface area is 104 Å². The molecule has 0 radical (unpaired) electrons. The van der Waals surface area contributed by atoms with Crippen molar-refractivity contribution < 1.29 is 4.74 Å². The molecule has 0 spiro atoms. The van der Waals surface area contributed by atoms with Crippen molar-refractivity contribution in [3.8, 4) is 5.75 Å². The second kappa shape index (κ2) is 7.30. The van der Waals surface area contributed by atoms with Crippen LogP contribution in [0.5, 0.6) is 5.75 Å². The lowest BCUT2D eigenvalue weighted by Gasteiger charge is -2.11. The smallest absolute Gasteiger partial charge is 0.119 e. The van der Waals surface area contributed by atoms with E-state index in [0.29, 0.717) is 6.04 Å². The fraction of sp³-hybridized carbons (Fsp3) is 0.571. The van der Waals surface area contributed by atoms with Gasteiger partial charge >= 0.3 is 0 Å². The molecule has 1 aromatic carbocycles. The highest BCUT2D eigenvalue weighted by molar-refractivity contribution is 5.20. The van der Waals surface area contributed by atoms with Crippen LogP contribution in [0.1, 0.15) is 19.3 Å². The minimum atomic E-state index is 0.685. The van der Waals surface area contributed by atoms with Gasteiger partial charge in [0.1, 0.15) is 5.75 Å². The predicted molar refractivity (Wildman–Crippen MR) is 70.4 cm³/mol. The van der Waals surface area contributed by atoms with Crippen LogP contribution in [-0.4, -0.2) is 32.3 Å².